The predicted octanol–water partition coefficient (Wildman–Crippen LogP) is 1.06. The van der Waals surface area contributed by atoms with Crippen molar-refractivity contribution in [3.05, 3.63) is 0 Å². The van der Waals surface area contributed by atoms with Crippen LogP contribution in [0, 0.1) is 0 Å². The van der Waals surface area contributed by atoms with Gasteiger partial charge in [-0.15, -0.1) is 0 Å². The van der Waals surface area contributed by atoms with Crippen LogP contribution in [0.25, 0.3) is 0 Å². The molecule has 1 unspecified atom stereocenters. The van der Waals surface area contributed by atoms with Crippen molar-refractivity contribution in [3.63, 3.8) is 0 Å². The molecule has 27 heavy (non-hydrogen) atoms. The van der Waals surface area contributed by atoms with Crippen molar-refractivity contribution in [2.45, 2.75) is 69.9 Å². The van der Waals surface area contributed by atoms with Gasteiger partial charge in [-0.05, 0) is 25.7 Å². The van der Waals surface area contributed by atoms with Gasteiger partial charge in [0.25, 0.3) is 5.91 Å². The molecule has 1 atom stereocenters. The summed E-state index contributed by atoms with van der Waals surface area (Å²) in [4.78, 5) is 40.5. The van der Waals surface area contributed by atoms with Crippen LogP contribution in [0.5, 0.6) is 0 Å². The zero-order valence-electron chi connectivity index (χ0n) is 15.9. The lowest BCUT2D eigenvalue weighted by Gasteiger charge is -2.29. The number of hydrogen-bond acceptors (Lipinski definition) is 5. The van der Waals surface area contributed by atoms with Gasteiger partial charge in [0.2, 0.25) is 5.91 Å². The first-order valence-electron chi connectivity index (χ1n) is 9.92. The largest absolute Gasteiger partial charge is 0.339 e. The molecule has 0 aromatic carbocycles. The maximum Gasteiger partial charge on any atom is 0.325 e. The Hall–Kier alpha value is -1.64. The Morgan fingerprint density at radius 1 is 1.30 bits per heavy atom. The Labute approximate surface area is 160 Å². The van der Waals surface area contributed by atoms with E-state index in [0.717, 1.165) is 30.6 Å². The van der Waals surface area contributed by atoms with Gasteiger partial charge in [-0.25, -0.2) is 13.2 Å². The van der Waals surface area contributed by atoms with E-state index < -0.39 is 21.4 Å². The lowest BCUT2D eigenvalue weighted by Crippen LogP contribution is -2.45. The molecule has 0 bridgehead atoms. The summed E-state index contributed by atoms with van der Waals surface area (Å²) in [6, 6.07) is -0.711. The van der Waals surface area contributed by atoms with Crippen molar-refractivity contribution in [3.8, 4) is 0 Å². The van der Waals surface area contributed by atoms with E-state index in [2.05, 4.69) is 5.32 Å². The van der Waals surface area contributed by atoms with Crippen LogP contribution in [-0.2, 0) is 19.4 Å². The van der Waals surface area contributed by atoms with Crippen LogP contribution in [0.15, 0.2) is 0 Å². The van der Waals surface area contributed by atoms with Crippen LogP contribution in [0.2, 0.25) is 0 Å². The van der Waals surface area contributed by atoms with Crippen LogP contribution in [0.3, 0.4) is 0 Å². The van der Waals surface area contributed by atoms with Crippen LogP contribution in [0.4, 0.5) is 4.79 Å². The fourth-order valence-electron chi connectivity index (χ4n) is 4.41. The summed E-state index contributed by atoms with van der Waals surface area (Å²) in [7, 11) is -3.08. The number of hydrogen-bond donors (Lipinski definition) is 1. The molecule has 2 saturated heterocycles. The third-order valence-electron chi connectivity index (χ3n) is 5.97. The third-order valence-corrected chi connectivity index (χ3v) is 7.72. The number of nitrogens with one attached hydrogen (secondary N) is 1. The second kappa shape index (κ2) is 7.77. The topological polar surface area (TPSA) is 104 Å². The molecule has 9 heteroatoms. The molecule has 2 aliphatic heterocycles. The summed E-state index contributed by atoms with van der Waals surface area (Å²) in [6.07, 6.45) is 5.35. The molecule has 4 amide bonds. The lowest BCUT2D eigenvalue weighted by atomic mass is 9.98. The minimum Gasteiger partial charge on any atom is -0.339 e. The Balaban J connectivity index is 1.62. The van der Waals surface area contributed by atoms with E-state index in [1.165, 1.54) is 0 Å². The van der Waals surface area contributed by atoms with Crippen LogP contribution < -0.4 is 5.32 Å². The number of imide groups is 1. The van der Waals surface area contributed by atoms with Gasteiger partial charge in [0.05, 0.1) is 11.5 Å². The first kappa shape index (κ1) is 20.1. The molecule has 3 rings (SSSR count). The molecular formula is C18H29N3O5S. The third kappa shape index (κ3) is 4.12. The molecule has 8 nitrogen and oxygen atoms in total. The molecule has 1 saturated carbocycles. The fraction of sp³-hybridized carbons (Fsp3) is 0.833. The molecule has 0 aromatic rings. The molecule has 1 N–H and O–H groups in total. The molecule has 3 aliphatic rings. The monoisotopic (exact) mass is 399 g/mol. The van der Waals surface area contributed by atoms with Crippen molar-refractivity contribution in [2.75, 3.05) is 24.6 Å². The van der Waals surface area contributed by atoms with Gasteiger partial charge in [0, 0.05) is 25.6 Å². The van der Waals surface area contributed by atoms with E-state index in [-0.39, 0.29) is 42.3 Å². The number of sulfone groups is 1. The highest BCUT2D eigenvalue weighted by Gasteiger charge is 2.52. The van der Waals surface area contributed by atoms with Gasteiger partial charge in [-0.1, -0.05) is 26.2 Å². The highest BCUT2D eigenvalue weighted by atomic mass is 32.2. The second-order valence-electron chi connectivity index (χ2n) is 7.92. The SMILES string of the molecule is CCCCN(C(=O)CCN1C(=O)NC2(CCCC2)C1=O)C1CCS(=O)(=O)C1. The minimum absolute atomic E-state index is 0.00863. The Morgan fingerprint density at radius 2 is 2.00 bits per heavy atom. The number of unbranched alkanes of at least 4 members (excludes halogenated alkanes) is 1. The summed E-state index contributed by atoms with van der Waals surface area (Å²) >= 11 is 0. The summed E-state index contributed by atoms with van der Waals surface area (Å²) in [6.45, 7) is 2.58. The van der Waals surface area contributed by atoms with Crippen molar-refractivity contribution < 1.29 is 22.8 Å². The van der Waals surface area contributed by atoms with Crippen molar-refractivity contribution in [1.29, 1.82) is 0 Å². The fourth-order valence-corrected chi connectivity index (χ4v) is 6.14. The lowest BCUT2D eigenvalue weighted by molar-refractivity contribution is -0.134. The van der Waals surface area contributed by atoms with Crippen molar-refractivity contribution >= 4 is 27.7 Å². The minimum atomic E-state index is -3.08. The van der Waals surface area contributed by atoms with E-state index in [9.17, 15) is 22.8 Å². The average molecular weight is 400 g/mol. The summed E-state index contributed by atoms with van der Waals surface area (Å²) < 4.78 is 23.6. The summed E-state index contributed by atoms with van der Waals surface area (Å²) in [5.41, 5.74) is -0.762. The van der Waals surface area contributed by atoms with Gasteiger partial charge in [0.15, 0.2) is 9.84 Å². The summed E-state index contributed by atoms with van der Waals surface area (Å²) in [5.74, 6) is -0.280. The maximum absolute atomic E-state index is 12.8. The number of carbonyl (C=O) groups excluding carboxylic acids is 3. The smallest absolute Gasteiger partial charge is 0.325 e. The molecule has 0 radical (unpaired) electrons. The zero-order chi connectivity index (χ0) is 19.7. The van der Waals surface area contributed by atoms with Crippen molar-refractivity contribution in [2.24, 2.45) is 0 Å². The Kier molecular flexibility index (Phi) is 5.79. The van der Waals surface area contributed by atoms with Gasteiger partial charge in [0.1, 0.15) is 5.54 Å². The van der Waals surface area contributed by atoms with E-state index in [0.29, 0.717) is 25.8 Å². The van der Waals surface area contributed by atoms with Crippen LogP contribution in [0.1, 0.15) is 58.3 Å². The first-order valence-corrected chi connectivity index (χ1v) is 11.7. The van der Waals surface area contributed by atoms with Gasteiger partial charge in [-0.2, -0.15) is 0 Å². The normalized spacial score (nSPS) is 26.0. The standard InChI is InChI=1S/C18H29N3O5S/c1-2-3-10-20(14-7-12-27(25,26)13-14)15(22)6-11-21-16(23)18(19-17(21)24)8-4-5-9-18/h14H,2-13H2,1H3,(H,19,24). The molecule has 2 heterocycles. The van der Waals surface area contributed by atoms with E-state index >= 15 is 0 Å². The van der Waals surface area contributed by atoms with E-state index in [1.54, 1.807) is 4.90 Å². The molecule has 1 spiro atoms. The number of urea groups is 1. The number of nitrogens with zero attached hydrogens (tertiary/aromatic N) is 2. The highest BCUT2D eigenvalue weighted by molar-refractivity contribution is 7.91. The number of carbonyl (C=O) groups is 3. The maximum atomic E-state index is 12.8. The molecule has 152 valence electrons. The molecular weight excluding hydrogens is 370 g/mol. The van der Waals surface area contributed by atoms with E-state index in [1.807, 2.05) is 6.92 Å². The van der Waals surface area contributed by atoms with Crippen molar-refractivity contribution in [1.82, 2.24) is 15.1 Å². The Bertz CT molecular complexity index is 715. The zero-order valence-corrected chi connectivity index (χ0v) is 16.7. The van der Waals surface area contributed by atoms with Gasteiger partial charge < -0.3 is 10.2 Å². The molecule has 3 fully saturated rings. The molecule has 1 aliphatic carbocycles. The summed E-state index contributed by atoms with van der Waals surface area (Å²) in [5, 5.41) is 2.82. The first-order chi connectivity index (χ1) is 12.8. The van der Waals surface area contributed by atoms with Crippen LogP contribution in [-0.4, -0.2) is 72.2 Å². The predicted molar refractivity (Wildman–Crippen MR) is 99.7 cm³/mol. The average Bonchev–Trinajstić information content (AvgIpc) is 3.27. The second-order valence-corrected chi connectivity index (χ2v) is 10.2. The highest BCUT2D eigenvalue weighted by Crippen LogP contribution is 2.35. The van der Waals surface area contributed by atoms with Crippen LogP contribution >= 0.6 is 0 Å². The molecule has 0 aromatic heterocycles. The Morgan fingerprint density at radius 3 is 2.59 bits per heavy atom. The number of amides is 4. The van der Waals surface area contributed by atoms with E-state index in [4.69, 9.17) is 0 Å². The quantitative estimate of drug-likeness (QED) is 0.645. The van der Waals surface area contributed by atoms with Gasteiger partial charge in [-0.3, -0.25) is 14.5 Å². The van der Waals surface area contributed by atoms with Gasteiger partial charge >= 0.3 is 6.03 Å². The number of rotatable bonds is 7.